The number of para-hydroxylation sites is 1. The van der Waals surface area contributed by atoms with E-state index in [0.717, 1.165) is 18.2 Å². The van der Waals surface area contributed by atoms with Crippen LogP contribution in [0.25, 0.3) is 6.08 Å². The summed E-state index contributed by atoms with van der Waals surface area (Å²) in [6.45, 7) is 6.19. The summed E-state index contributed by atoms with van der Waals surface area (Å²) in [4.78, 5) is 0. The molecule has 1 N–H and O–H groups in total. The van der Waals surface area contributed by atoms with Gasteiger partial charge in [0, 0.05) is 11.6 Å². The third-order valence-corrected chi connectivity index (χ3v) is 3.43. The van der Waals surface area contributed by atoms with E-state index in [1.165, 1.54) is 18.4 Å². The molecule has 2 unspecified atom stereocenters. The highest BCUT2D eigenvalue weighted by Gasteiger charge is 2.15. The summed E-state index contributed by atoms with van der Waals surface area (Å²) in [5.41, 5.74) is 1.17. The molecule has 1 heterocycles. The van der Waals surface area contributed by atoms with Crippen LogP contribution in [0.4, 0.5) is 0 Å². The quantitative estimate of drug-likeness (QED) is 0.876. The van der Waals surface area contributed by atoms with Crippen LogP contribution in [0.5, 0.6) is 5.75 Å². The Hall–Kier alpha value is -1.28. The van der Waals surface area contributed by atoms with E-state index in [9.17, 15) is 0 Å². The summed E-state index contributed by atoms with van der Waals surface area (Å²) in [6, 6.07) is 8.71. The molecule has 2 atom stereocenters. The summed E-state index contributed by atoms with van der Waals surface area (Å²) >= 11 is 0. The number of rotatable bonds is 4. The molecule has 0 saturated carbocycles. The molecular weight excluding hydrogens is 222 g/mol. The molecule has 1 aliphatic heterocycles. The Labute approximate surface area is 110 Å². The fraction of sp³-hybridized carbons (Fsp3) is 0.500. The predicted octanol–water partition coefficient (Wildman–Crippen LogP) is 3.49. The van der Waals surface area contributed by atoms with Crippen LogP contribution in [0, 0.1) is 5.92 Å². The average Bonchev–Trinajstić information content (AvgIpc) is 2.38. The SMILES string of the molecule is CCOc1ccccc1/C=C/C1CC(C)CCN1. The fourth-order valence-corrected chi connectivity index (χ4v) is 2.42. The zero-order valence-electron chi connectivity index (χ0n) is 11.4. The first-order valence-electron chi connectivity index (χ1n) is 6.93. The maximum absolute atomic E-state index is 5.63. The summed E-state index contributed by atoms with van der Waals surface area (Å²) < 4.78 is 5.63. The molecule has 0 radical (unpaired) electrons. The van der Waals surface area contributed by atoms with Crippen molar-refractivity contribution in [3.05, 3.63) is 35.9 Å². The Balaban J connectivity index is 2.03. The van der Waals surface area contributed by atoms with Crippen LogP contribution < -0.4 is 10.1 Å². The number of piperidine rings is 1. The van der Waals surface area contributed by atoms with Gasteiger partial charge >= 0.3 is 0 Å². The minimum atomic E-state index is 0.503. The van der Waals surface area contributed by atoms with Crippen LogP contribution >= 0.6 is 0 Å². The van der Waals surface area contributed by atoms with Gasteiger partial charge in [-0.3, -0.25) is 0 Å². The van der Waals surface area contributed by atoms with Crippen molar-refractivity contribution >= 4 is 6.08 Å². The minimum Gasteiger partial charge on any atom is -0.493 e. The Morgan fingerprint density at radius 2 is 2.22 bits per heavy atom. The second-order valence-electron chi connectivity index (χ2n) is 5.02. The Kier molecular flexibility index (Phi) is 4.82. The molecule has 2 rings (SSSR count). The molecule has 1 aromatic carbocycles. The molecule has 1 fully saturated rings. The van der Waals surface area contributed by atoms with Crippen molar-refractivity contribution in [1.29, 1.82) is 0 Å². The van der Waals surface area contributed by atoms with Crippen molar-refractivity contribution < 1.29 is 4.74 Å². The summed E-state index contributed by atoms with van der Waals surface area (Å²) in [5.74, 6) is 1.79. The smallest absolute Gasteiger partial charge is 0.126 e. The van der Waals surface area contributed by atoms with E-state index in [4.69, 9.17) is 4.74 Å². The Morgan fingerprint density at radius 3 is 3.00 bits per heavy atom. The van der Waals surface area contributed by atoms with Crippen molar-refractivity contribution in [1.82, 2.24) is 5.32 Å². The average molecular weight is 245 g/mol. The van der Waals surface area contributed by atoms with Gasteiger partial charge in [0.25, 0.3) is 0 Å². The van der Waals surface area contributed by atoms with Gasteiger partial charge in [0.15, 0.2) is 0 Å². The Morgan fingerprint density at radius 1 is 1.39 bits per heavy atom. The van der Waals surface area contributed by atoms with Crippen molar-refractivity contribution in [3.63, 3.8) is 0 Å². The monoisotopic (exact) mass is 245 g/mol. The molecule has 1 aromatic rings. The summed E-state index contributed by atoms with van der Waals surface area (Å²) in [6.07, 6.45) is 6.97. The molecule has 0 spiro atoms. The standard InChI is InChI=1S/C16H23NO/c1-3-18-16-7-5-4-6-14(16)8-9-15-12-13(2)10-11-17-15/h4-9,13,15,17H,3,10-12H2,1-2H3/b9-8+. The van der Waals surface area contributed by atoms with Gasteiger partial charge in [-0.2, -0.15) is 0 Å². The summed E-state index contributed by atoms with van der Waals surface area (Å²) in [7, 11) is 0. The molecule has 0 aromatic heterocycles. The zero-order valence-corrected chi connectivity index (χ0v) is 11.4. The van der Waals surface area contributed by atoms with E-state index >= 15 is 0 Å². The van der Waals surface area contributed by atoms with Crippen molar-refractivity contribution in [2.45, 2.75) is 32.7 Å². The largest absolute Gasteiger partial charge is 0.493 e. The molecule has 1 saturated heterocycles. The van der Waals surface area contributed by atoms with Crippen LogP contribution in [0.1, 0.15) is 32.3 Å². The first-order chi connectivity index (χ1) is 8.79. The lowest BCUT2D eigenvalue weighted by Crippen LogP contribution is -2.35. The van der Waals surface area contributed by atoms with Gasteiger partial charge < -0.3 is 10.1 Å². The molecule has 18 heavy (non-hydrogen) atoms. The van der Waals surface area contributed by atoms with Crippen molar-refractivity contribution in [3.8, 4) is 5.75 Å². The topological polar surface area (TPSA) is 21.3 Å². The minimum absolute atomic E-state index is 0.503. The molecule has 2 heteroatoms. The van der Waals surface area contributed by atoms with Gasteiger partial charge in [0.2, 0.25) is 0 Å². The molecule has 0 aliphatic carbocycles. The third-order valence-electron chi connectivity index (χ3n) is 3.43. The molecular formula is C16H23NO. The highest BCUT2D eigenvalue weighted by molar-refractivity contribution is 5.57. The molecule has 2 nitrogen and oxygen atoms in total. The molecule has 0 amide bonds. The van der Waals surface area contributed by atoms with Gasteiger partial charge in [-0.25, -0.2) is 0 Å². The second kappa shape index (κ2) is 6.60. The van der Waals surface area contributed by atoms with Gasteiger partial charge in [0.1, 0.15) is 5.75 Å². The third kappa shape index (κ3) is 3.61. The number of nitrogens with one attached hydrogen (secondary N) is 1. The molecule has 0 bridgehead atoms. The first kappa shape index (κ1) is 13.2. The van der Waals surface area contributed by atoms with E-state index in [1.54, 1.807) is 0 Å². The number of hydrogen-bond donors (Lipinski definition) is 1. The lowest BCUT2D eigenvalue weighted by molar-refractivity contribution is 0.339. The second-order valence-corrected chi connectivity index (χ2v) is 5.02. The zero-order chi connectivity index (χ0) is 12.8. The van der Waals surface area contributed by atoms with Gasteiger partial charge in [0.05, 0.1) is 6.61 Å². The lowest BCUT2D eigenvalue weighted by atomic mass is 9.94. The van der Waals surface area contributed by atoms with Crippen molar-refractivity contribution in [2.75, 3.05) is 13.2 Å². The highest BCUT2D eigenvalue weighted by atomic mass is 16.5. The maximum Gasteiger partial charge on any atom is 0.126 e. The van der Waals surface area contributed by atoms with Crippen LogP contribution in [0.15, 0.2) is 30.3 Å². The van der Waals surface area contributed by atoms with E-state index in [2.05, 4.69) is 36.5 Å². The normalized spacial score (nSPS) is 24.3. The number of benzene rings is 1. The maximum atomic E-state index is 5.63. The van der Waals surface area contributed by atoms with E-state index in [0.29, 0.717) is 12.6 Å². The van der Waals surface area contributed by atoms with Gasteiger partial charge in [-0.05, 0) is 38.3 Å². The summed E-state index contributed by atoms with van der Waals surface area (Å²) in [5, 5.41) is 3.54. The molecule has 1 aliphatic rings. The number of ether oxygens (including phenoxy) is 1. The number of hydrogen-bond acceptors (Lipinski definition) is 2. The highest BCUT2D eigenvalue weighted by Crippen LogP contribution is 2.21. The van der Waals surface area contributed by atoms with Crippen LogP contribution in [0.3, 0.4) is 0 Å². The van der Waals surface area contributed by atoms with Gasteiger partial charge in [-0.1, -0.05) is 37.3 Å². The van der Waals surface area contributed by atoms with E-state index in [1.807, 2.05) is 19.1 Å². The van der Waals surface area contributed by atoms with E-state index < -0.39 is 0 Å². The lowest BCUT2D eigenvalue weighted by Gasteiger charge is -2.25. The fourth-order valence-electron chi connectivity index (χ4n) is 2.42. The predicted molar refractivity (Wildman–Crippen MR) is 76.8 cm³/mol. The van der Waals surface area contributed by atoms with Gasteiger partial charge in [-0.15, -0.1) is 0 Å². The van der Waals surface area contributed by atoms with Crippen LogP contribution in [-0.2, 0) is 0 Å². The van der Waals surface area contributed by atoms with Crippen LogP contribution in [0.2, 0.25) is 0 Å². The first-order valence-corrected chi connectivity index (χ1v) is 6.93. The Bertz CT molecular complexity index is 400. The van der Waals surface area contributed by atoms with E-state index in [-0.39, 0.29) is 0 Å². The van der Waals surface area contributed by atoms with Crippen LogP contribution in [-0.4, -0.2) is 19.2 Å². The molecule has 98 valence electrons. The van der Waals surface area contributed by atoms with Crippen molar-refractivity contribution in [2.24, 2.45) is 5.92 Å².